The molecule has 146 valence electrons. The monoisotopic (exact) mass is 399 g/mol. The number of halogens is 1. The molecule has 2 heterocycles. The molecule has 0 amide bonds. The summed E-state index contributed by atoms with van der Waals surface area (Å²) in [6.07, 6.45) is 0. The van der Waals surface area contributed by atoms with Crippen molar-refractivity contribution in [2.75, 3.05) is 26.7 Å². The summed E-state index contributed by atoms with van der Waals surface area (Å²) < 4.78 is 11.0. The summed E-state index contributed by atoms with van der Waals surface area (Å²) in [6, 6.07) is 13.3. The first-order valence-electron chi connectivity index (χ1n) is 9.28. The number of hydrogen-bond acceptors (Lipinski definition) is 6. The number of nitrogens with one attached hydrogen (secondary N) is 1. The number of ether oxygens (including phenoxy) is 2. The van der Waals surface area contributed by atoms with Crippen molar-refractivity contribution >= 4 is 29.1 Å². The number of piperazine rings is 1. The third-order valence-corrected chi connectivity index (χ3v) is 5.41. The molecule has 0 spiro atoms. The molecule has 2 aromatic rings. The highest BCUT2D eigenvalue weighted by Crippen LogP contribution is 2.39. The van der Waals surface area contributed by atoms with E-state index in [1.54, 1.807) is 12.1 Å². The van der Waals surface area contributed by atoms with E-state index in [1.165, 1.54) is 7.11 Å². The van der Waals surface area contributed by atoms with Gasteiger partial charge < -0.3 is 19.7 Å². The van der Waals surface area contributed by atoms with E-state index in [1.807, 2.05) is 37.3 Å². The summed E-state index contributed by atoms with van der Waals surface area (Å²) in [5.74, 6) is 1.76. The number of methoxy groups -OCH3 is 1. The molecule has 2 aliphatic rings. The maximum atomic E-state index is 12.0. The summed E-state index contributed by atoms with van der Waals surface area (Å²) in [5, 5.41) is 4.03. The summed E-state index contributed by atoms with van der Waals surface area (Å²) in [7, 11) is 1.42. The molecule has 1 N–H and O–H groups in total. The Morgan fingerprint density at radius 1 is 1.32 bits per heavy atom. The Labute approximate surface area is 169 Å². The second kappa shape index (κ2) is 7.81. The van der Waals surface area contributed by atoms with E-state index in [4.69, 9.17) is 26.1 Å². The van der Waals surface area contributed by atoms with Crippen LogP contribution in [0, 0.1) is 5.92 Å². The molecule has 0 unspecified atom stereocenters. The van der Waals surface area contributed by atoms with Crippen LogP contribution >= 0.6 is 11.6 Å². The normalized spacial score (nSPS) is 19.5. The number of fused-ring (bicyclic) bond motifs is 2. The number of para-hydroxylation sites is 1. The van der Waals surface area contributed by atoms with E-state index in [0.717, 1.165) is 30.2 Å². The van der Waals surface area contributed by atoms with Gasteiger partial charge in [-0.2, -0.15) is 0 Å². The van der Waals surface area contributed by atoms with Gasteiger partial charge in [-0.1, -0.05) is 30.7 Å². The number of benzene rings is 2. The summed E-state index contributed by atoms with van der Waals surface area (Å²) in [5.41, 5.74) is 1.61. The Morgan fingerprint density at radius 2 is 2.14 bits per heavy atom. The maximum Gasteiger partial charge on any atom is 0.310 e. The summed E-state index contributed by atoms with van der Waals surface area (Å²) in [4.78, 5) is 19.1. The number of nitrogens with zero attached hydrogens (tertiary/aromatic N) is 2. The SMILES string of the molecule is COC(=O)[C@@H](C)[C@H]1CN(C2=Nc3cc(Cl)ccc3Oc3ccccc32)CCN1. The van der Waals surface area contributed by atoms with Gasteiger partial charge in [0, 0.05) is 30.7 Å². The highest BCUT2D eigenvalue weighted by Gasteiger charge is 2.32. The van der Waals surface area contributed by atoms with Crippen molar-refractivity contribution in [2.24, 2.45) is 10.9 Å². The standard InChI is InChI=1S/C21H22ClN3O3/c1-13(21(26)27-2)17-12-25(10-9-23-17)20-15-5-3-4-6-18(15)28-19-8-7-14(22)11-16(19)24-20/h3-8,11,13,17,23H,9-10,12H2,1-2H3/t13-,17+/m0/s1. The fraction of sp³-hybridized carbons (Fsp3) is 0.333. The van der Waals surface area contributed by atoms with Gasteiger partial charge in [0.25, 0.3) is 0 Å². The van der Waals surface area contributed by atoms with Crippen LogP contribution in [0.4, 0.5) is 5.69 Å². The van der Waals surface area contributed by atoms with Crippen LogP contribution in [0.2, 0.25) is 5.02 Å². The minimum absolute atomic E-state index is 0.0286. The highest BCUT2D eigenvalue weighted by molar-refractivity contribution is 6.31. The molecule has 4 rings (SSSR count). The number of carbonyl (C=O) groups excluding carboxylic acids is 1. The molecule has 2 aliphatic heterocycles. The smallest absolute Gasteiger partial charge is 0.310 e. The Morgan fingerprint density at radius 3 is 2.96 bits per heavy atom. The molecule has 0 bridgehead atoms. The molecule has 6 nitrogen and oxygen atoms in total. The minimum atomic E-state index is -0.257. The predicted molar refractivity (Wildman–Crippen MR) is 109 cm³/mol. The van der Waals surface area contributed by atoms with Crippen molar-refractivity contribution in [3.8, 4) is 11.5 Å². The van der Waals surface area contributed by atoms with E-state index < -0.39 is 0 Å². The van der Waals surface area contributed by atoms with Crippen molar-refractivity contribution in [3.63, 3.8) is 0 Å². The van der Waals surface area contributed by atoms with Crippen molar-refractivity contribution in [2.45, 2.75) is 13.0 Å². The number of hydrogen-bond donors (Lipinski definition) is 1. The first-order chi connectivity index (χ1) is 13.6. The lowest BCUT2D eigenvalue weighted by Crippen LogP contribution is -2.56. The van der Waals surface area contributed by atoms with Crippen LogP contribution in [0.5, 0.6) is 11.5 Å². The molecule has 7 heteroatoms. The average Bonchev–Trinajstić information content (AvgIpc) is 2.89. The zero-order valence-corrected chi connectivity index (χ0v) is 16.6. The van der Waals surface area contributed by atoms with Gasteiger partial charge in [-0.25, -0.2) is 4.99 Å². The number of amidine groups is 1. The van der Waals surface area contributed by atoms with Crippen molar-refractivity contribution in [1.82, 2.24) is 10.2 Å². The second-order valence-electron chi connectivity index (χ2n) is 6.96. The molecular weight excluding hydrogens is 378 g/mol. The first-order valence-corrected chi connectivity index (χ1v) is 9.66. The number of carbonyl (C=O) groups is 1. The zero-order valence-electron chi connectivity index (χ0n) is 15.8. The quantitative estimate of drug-likeness (QED) is 0.781. The van der Waals surface area contributed by atoms with E-state index in [2.05, 4.69) is 10.2 Å². The van der Waals surface area contributed by atoms with Crippen LogP contribution in [0.25, 0.3) is 0 Å². The van der Waals surface area contributed by atoms with Gasteiger partial charge in [-0.05, 0) is 30.3 Å². The third kappa shape index (κ3) is 3.57. The topological polar surface area (TPSA) is 63.2 Å². The van der Waals surface area contributed by atoms with Crippen LogP contribution in [0.15, 0.2) is 47.5 Å². The van der Waals surface area contributed by atoms with Gasteiger partial charge in [-0.3, -0.25) is 4.79 Å². The van der Waals surface area contributed by atoms with E-state index in [9.17, 15) is 4.79 Å². The summed E-state index contributed by atoms with van der Waals surface area (Å²) >= 11 is 6.19. The minimum Gasteiger partial charge on any atom is -0.469 e. The van der Waals surface area contributed by atoms with Gasteiger partial charge >= 0.3 is 5.97 Å². The van der Waals surface area contributed by atoms with Crippen molar-refractivity contribution < 1.29 is 14.3 Å². The average molecular weight is 400 g/mol. The zero-order chi connectivity index (χ0) is 19.7. The van der Waals surface area contributed by atoms with Gasteiger partial charge in [-0.15, -0.1) is 0 Å². The molecule has 0 aromatic heterocycles. The lowest BCUT2D eigenvalue weighted by molar-refractivity contribution is -0.146. The van der Waals surface area contributed by atoms with E-state index >= 15 is 0 Å². The Kier molecular flexibility index (Phi) is 5.24. The second-order valence-corrected chi connectivity index (χ2v) is 7.40. The van der Waals surface area contributed by atoms with Gasteiger partial charge in [0.15, 0.2) is 5.75 Å². The first kappa shape index (κ1) is 18.8. The predicted octanol–water partition coefficient (Wildman–Crippen LogP) is 3.61. The van der Waals surface area contributed by atoms with Crippen LogP contribution in [0.3, 0.4) is 0 Å². The molecule has 0 aliphatic carbocycles. The van der Waals surface area contributed by atoms with Gasteiger partial charge in [0.05, 0.1) is 18.6 Å². The van der Waals surface area contributed by atoms with Crippen LogP contribution in [-0.4, -0.2) is 49.5 Å². The molecule has 1 fully saturated rings. The molecule has 0 radical (unpaired) electrons. The van der Waals surface area contributed by atoms with Gasteiger partial charge in [0.2, 0.25) is 0 Å². The van der Waals surface area contributed by atoms with Gasteiger partial charge in [0.1, 0.15) is 17.3 Å². The molecule has 1 saturated heterocycles. The Hall–Kier alpha value is -2.57. The van der Waals surface area contributed by atoms with Crippen LogP contribution in [-0.2, 0) is 9.53 Å². The lowest BCUT2D eigenvalue weighted by Gasteiger charge is -2.37. The largest absolute Gasteiger partial charge is 0.469 e. The third-order valence-electron chi connectivity index (χ3n) is 5.18. The van der Waals surface area contributed by atoms with Crippen molar-refractivity contribution in [1.29, 1.82) is 0 Å². The molecular formula is C21H22ClN3O3. The van der Waals surface area contributed by atoms with E-state index in [0.29, 0.717) is 23.0 Å². The Bertz CT molecular complexity index is 931. The fourth-order valence-electron chi connectivity index (χ4n) is 3.59. The highest BCUT2D eigenvalue weighted by atomic mass is 35.5. The number of esters is 1. The molecule has 2 aromatic carbocycles. The molecule has 0 saturated carbocycles. The Balaban J connectivity index is 1.73. The van der Waals surface area contributed by atoms with Crippen LogP contribution in [0.1, 0.15) is 12.5 Å². The fourth-order valence-corrected chi connectivity index (χ4v) is 3.76. The van der Waals surface area contributed by atoms with Crippen LogP contribution < -0.4 is 10.1 Å². The molecule has 2 atom stereocenters. The summed E-state index contributed by atoms with van der Waals surface area (Å²) in [6.45, 7) is 4.04. The number of rotatable bonds is 2. The maximum absolute atomic E-state index is 12.0. The molecule has 28 heavy (non-hydrogen) atoms. The van der Waals surface area contributed by atoms with Crippen molar-refractivity contribution in [3.05, 3.63) is 53.1 Å². The number of aliphatic imine (C=N–C) groups is 1. The van der Waals surface area contributed by atoms with E-state index in [-0.39, 0.29) is 17.9 Å². The lowest BCUT2D eigenvalue weighted by atomic mass is 9.99.